The zero-order chi connectivity index (χ0) is 20.2. The molecule has 0 saturated heterocycles. The first-order valence-electron chi connectivity index (χ1n) is 7.80. The van der Waals surface area contributed by atoms with Crippen LogP contribution in [0, 0.1) is 10.1 Å². The van der Waals surface area contributed by atoms with Crippen LogP contribution < -0.4 is 10.6 Å². The Balaban J connectivity index is 2.18. The highest BCUT2D eigenvalue weighted by atomic mass is 35.5. The van der Waals surface area contributed by atoms with Crippen LogP contribution in [0.5, 0.6) is 0 Å². The number of nitrogens with one attached hydrogen (secondary N) is 2. The van der Waals surface area contributed by atoms with Gasteiger partial charge in [0.2, 0.25) is 5.91 Å². The van der Waals surface area contributed by atoms with Crippen molar-refractivity contribution in [1.29, 1.82) is 0 Å². The van der Waals surface area contributed by atoms with Crippen molar-refractivity contribution in [3.8, 4) is 0 Å². The van der Waals surface area contributed by atoms with Gasteiger partial charge >= 0.3 is 6.18 Å². The van der Waals surface area contributed by atoms with Gasteiger partial charge in [-0.05, 0) is 24.1 Å². The molecule has 27 heavy (non-hydrogen) atoms. The van der Waals surface area contributed by atoms with Crippen LogP contribution in [0.1, 0.15) is 18.1 Å². The van der Waals surface area contributed by atoms with Gasteiger partial charge in [-0.15, -0.1) is 0 Å². The number of anilines is 2. The topological polar surface area (TPSA) is 84.3 Å². The third-order valence-electron chi connectivity index (χ3n) is 3.70. The molecule has 0 aliphatic heterocycles. The highest BCUT2D eigenvalue weighted by Crippen LogP contribution is 2.40. The molecular weight excluding hydrogens is 387 g/mol. The van der Waals surface area contributed by atoms with Crippen molar-refractivity contribution in [3.63, 3.8) is 0 Å². The lowest BCUT2D eigenvalue weighted by Gasteiger charge is -2.13. The van der Waals surface area contributed by atoms with E-state index in [-0.39, 0.29) is 12.2 Å². The third kappa shape index (κ3) is 5.10. The maximum atomic E-state index is 12.9. The van der Waals surface area contributed by atoms with Crippen LogP contribution in [-0.4, -0.2) is 17.4 Å². The second kappa shape index (κ2) is 8.26. The maximum absolute atomic E-state index is 12.9. The minimum atomic E-state index is -4.83. The van der Waals surface area contributed by atoms with Crippen molar-refractivity contribution < 1.29 is 22.9 Å². The van der Waals surface area contributed by atoms with Crippen molar-refractivity contribution in [2.45, 2.75) is 19.5 Å². The number of alkyl halides is 3. The summed E-state index contributed by atoms with van der Waals surface area (Å²) in [6.07, 6.45) is -4.15. The summed E-state index contributed by atoms with van der Waals surface area (Å²) in [5.74, 6) is -0.513. The van der Waals surface area contributed by atoms with Crippen LogP contribution in [0.4, 0.5) is 30.2 Å². The number of halogens is 4. The van der Waals surface area contributed by atoms with Crippen LogP contribution in [0.15, 0.2) is 36.4 Å². The number of nitrogens with zero attached hydrogens (tertiary/aromatic N) is 1. The summed E-state index contributed by atoms with van der Waals surface area (Å²) in [6.45, 7) is 1.53. The van der Waals surface area contributed by atoms with Crippen molar-refractivity contribution in [2.24, 2.45) is 0 Å². The standard InChI is InChI=1S/C17H15ClF3N3O3/c1-2-10-5-3-4-6-13(10)23-16(25)9-22-14-8-12(18)11(17(19,20)21)7-15(14)24(26)27/h3-8,22H,2,9H2,1H3,(H,23,25). The summed E-state index contributed by atoms with van der Waals surface area (Å²) in [5, 5.41) is 15.5. The highest BCUT2D eigenvalue weighted by Gasteiger charge is 2.36. The number of rotatable bonds is 6. The zero-order valence-corrected chi connectivity index (χ0v) is 14.8. The molecule has 0 aliphatic rings. The summed E-state index contributed by atoms with van der Waals surface area (Å²) in [4.78, 5) is 22.2. The molecule has 0 bridgehead atoms. The number of benzene rings is 2. The molecule has 0 saturated carbocycles. The molecule has 0 fully saturated rings. The Hall–Kier alpha value is -2.81. The van der Waals surface area contributed by atoms with E-state index in [1.165, 1.54) is 0 Å². The molecule has 0 aromatic heterocycles. The van der Waals surface area contributed by atoms with Crippen LogP contribution in [0.3, 0.4) is 0 Å². The predicted octanol–water partition coefficient (Wildman–Crippen LogP) is 4.88. The van der Waals surface area contributed by atoms with Gasteiger partial charge in [-0.2, -0.15) is 13.2 Å². The molecule has 0 spiro atoms. The van der Waals surface area contributed by atoms with Gasteiger partial charge in [-0.1, -0.05) is 36.7 Å². The molecule has 2 rings (SSSR count). The first-order valence-corrected chi connectivity index (χ1v) is 8.18. The summed E-state index contributed by atoms with van der Waals surface area (Å²) in [7, 11) is 0. The van der Waals surface area contributed by atoms with E-state index >= 15 is 0 Å². The molecular formula is C17H15ClF3N3O3. The SMILES string of the molecule is CCc1ccccc1NC(=O)CNc1cc(Cl)c(C(F)(F)F)cc1[N+](=O)[O-]. The average Bonchev–Trinajstić information content (AvgIpc) is 2.59. The van der Waals surface area contributed by atoms with Crippen molar-refractivity contribution in [2.75, 3.05) is 17.2 Å². The number of hydrogen-bond acceptors (Lipinski definition) is 4. The fraction of sp³-hybridized carbons (Fsp3) is 0.235. The van der Waals surface area contributed by atoms with Gasteiger partial charge in [-0.25, -0.2) is 0 Å². The summed E-state index contributed by atoms with van der Waals surface area (Å²) in [6, 6.07) is 8.23. The van der Waals surface area contributed by atoms with Gasteiger partial charge < -0.3 is 10.6 Å². The summed E-state index contributed by atoms with van der Waals surface area (Å²) >= 11 is 5.59. The number of nitro benzene ring substituents is 1. The lowest BCUT2D eigenvalue weighted by atomic mass is 10.1. The van der Waals surface area contributed by atoms with E-state index in [1.54, 1.807) is 12.1 Å². The number of carbonyl (C=O) groups excluding carboxylic acids is 1. The van der Waals surface area contributed by atoms with Crippen molar-refractivity contribution >= 4 is 34.6 Å². The minimum absolute atomic E-state index is 0.281. The molecule has 6 nitrogen and oxygen atoms in total. The monoisotopic (exact) mass is 401 g/mol. The van der Waals surface area contributed by atoms with E-state index < -0.39 is 33.3 Å². The average molecular weight is 402 g/mol. The number of carbonyl (C=O) groups is 1. The lowest BCUT2D eigenvalue weighted by molar-refractivity contribution is -0.384. The normalized spacial score (nSPS) is 11.1. The maximum Gasteiger partial charge on any atom is 0.418 e. The van der Waals surface area contributed by atoms with Gasteiger partial charge in [0.05, 0.1) is 22.1 Å². The first-order chi connectivity index (χ1) is 12.6. The fourth-order valence-electron chi connectivity index (χ4n) is 2.39. The molecule has 2 N–H and O–H groups in total. The first kappa shape index (κ1) is 20.5. The number of aryl methyl sites for hydroxylation is 1. The fourth-order valence-corrected chi connectivity index (χ4v) is 2.66. The molecule has 144 valence electrons. The Labute approximate surface area is 157 Å². The van der Waals surface area contributed by atoms with E-state index in [9.17, 15) is 28.1 Å². The molecule has 0 atom stereocenters. The molecule has 0 heterocycles. The van der Waals surface area contributed by atoms with E-state index in [0.717, 1.165) is 11.6 Å². The Morgan fingerprint density at radius 3 is 2.48 bits per heavy atom. The third-order valence-corrected chi connectivity index (χ3v) is 4.01. The second-order valence-corrected chi connectivity index (χ2v) is 5.92. The van der Waals surface area contributed by atoms with Crippen molar-refractivity contribution in [3.05, 3.63) is 62.7 Å². The van der Waals surface area contributed by atoms with E-state index in [4.69, 9.17) is 11.6 Å². The van der Waals surface area contributed by atoms with Gasteiger partial charge in [0, 0.05) is 11.8 Å². The van der Waals surface area contributed by atoms with Crippen molar-refractivity contribution in [1.82, 2.24) is 0 Å². The van der Waals surface area contributed by atoms with Crippen LogP contribution in [0.2, 0.25) is 5.02 Å². The number of nitro groups is 1. The molecule has 0 aliphatic carbocycles. The largest absolute Gasteiger partial charge is 0.418 e. The predicted molar refractivity (Wildman–Crippen MR) is 96.0 cm³/mol. The van der Waals surface area contributed by atoms with E-state index in [2.05, 4.69) is 10.6 Å². The minimum Gasteiger partial charge on any atom is -0.371 e. The smallest absolute Gasteiger partial charge is 0.371 e. The molecule has 10 heteroatoms. The Morgan fingerprint density at radius 1 is 1.22 bits per heavy atom. The van der Waals surface area contributed by atoms with Gasteiger partial charge in [-0.3, -0.25) is 14.9 Å². The quantitative estimate of drug-likeness (QED) is 0.533. The molecule has 2 aromatic rings. The highest BCUT2D eigenvalue weighted by molar-refractivity contribution is 6.31. The van der Waals surface area contributed by atoms with Crippen LogP contribution in [-0.2, 0) is 17.4 Å². The number of hydrogen-bond donors (Lipinski definition) is 2. The second-order valence-electron chi connectivity index (χ2n) is 5.52. The summed E-state index contributed by atoms with van der Waals surface area (Å²) < 4.78 is 38.6. The Bertz CT molecular complexity index is 872. The van der Waals surface area contributed by atoms with Crippen LogP contribution in [0.25, 0.3) is 0 Å². The van der Waals surface area contributed by atoms with E-state index in [0.29, 0.717) is 18.2 Å². The zero-order valence-electron chi connectivity index (χ0n) is 14.1. The number of amides is 1. The Morgan fingerprint density at radius 2 is 1.89 bits per heavy atom. The van der Waals surface area contributed by atoms with E-state index in [1.807, 2.05) is 19.1 Å². The van der Waals surface area contributed by atoms with Gasteiger partial charge in [0.15, 0.2) is 0 Å². The molecule has 0 radical (unpaired) electrons. The molecule has 1 amide bonds. The summed E-state index contributed by atoms with van der Waals surface area (Å²) in [5.41, 5.74) is -0.936. The van der Waals surface area contributed by atoms with Gasteiger partial charge in [0.1, 0.15) is 5.69 Å². The lowest BCUT2D eigenvalue weighted by Crippen LogP contribution is -2.23. The molecule has 2 aromatic carbocycles. The Kier molecular flexibility index (Phi) is 6.27. The number of para-hydroxylation sites is 1. The van der Waals surface area contributed by atoms with Gasteiger partial charge in [0.25, 0.3) is 5.69 Å². The van der Waals surface area contributed by atoms with Crippen LogP contribution >= 0.6 is 11.6 Å². The molecule has 0 unspecified atom stereocenters.